The summed E-state index contributed by atoms with van der Waals surface area (Å²) in [4.78, 5) is 12.0. The second-order valence-corrected chi connectivity index (χ2v) is 6.31. The van der Waals surface area contributed by atoms with Crippen LogP contribution in [-0.2, 0) is 4.79 Å². The van der Waals surface area contributed by atoms with Crippen LogP contribution in [-0.4, -0.2) is 5.91 Å². The minimum Gasteiger partial charge on any atom is -0.367 e. The Hall–Kier alpha value is -1.47. The number of fused-ring (bicyclic) bond motifs is 1. The number of rotatable bonds is 2. The maximum absolute atomic E-state index is 13.9. The monoisotopic (exact) mass is 416 g/mol. The molecule has 0 aliphatic carbocycles. The SMILES string of the molecule is O=C1Nc2ccc(Br)cc2C1Nc1c(F)cc(F)cc1Br. The average Bonchev–Trinajstić information content (AvgIpc) is 2.69. The molecule has 3 nitrogen and oxygen atoms in total. The molecule has 21 heavy (non-hydrogen) atoms. The van der Waals surface area contributed by atoms with Crippen LogP contribution >= 0.6 is 31.9 Å². The predicted molar refractivity (Wildman–Crippen MR) is 83.2 cm³/mol. The molecule has 0 aromatic heterocycles. The Kier molecular flexibility index (Phi) is 3.71. The molecule has 1 unspecified atom stereocenters. The van der Waals surface area contributed by atoms with Gasteiger partial charge in [-0.25, -0.2) is 8.78 Å². The van der Waals surface area contributed by atoms with Crippen LogP contribution in [0.25, 0.3) is 0 Å². The highest BCUT2D eigenvalue weighted by atomic mass is 79.9. The molecule has 0 saturated carbocycles. The van der Waals surface area contributed by atoms with Crippen molar-refractivity contribution in [1.82, 2.24) is 0 Å². The Bertz CT molecular complexity index is 729. The molecule has 7 heteroatoms. The Morgan fingerprint density at radius 2 is 1.90 bits per heavy atom. The van der Waals surface area contributed by atoms with E-state index >= 15 is 0 Å². The average molecular weight is 418 g/mol. The lowest BCUT2D eigenvalue weighted by molar-refractivity contribution is -0.116. The standard InChI is InChI=1S/C14H8Br2F2N2O/c15-6-1-2-11-8(3-6)12(14(21)19-11)20-13-9(16)4-7(17)5-10(13)18/h1-5,12,20H,(H,19,21). The van der Waals surface area contributed by atoms with Gasteiger partial charge in [-0.3, -0.25) is 4.79 Å². The molecular formula is C14H8Br2F2N2O. The van der Waals surface area contributed by atoms with Crippen molar-refractivity contribution < 1.29 is 13.6 Å². The van der Waals surface area contributed by atoms with Gasteiger partial charge in [-0.1, -0.05) is 15.9 Å². The van der Waals surface area contributed by atoms with Gasteiger partial charge in [0.15, 0.2) is 0 Å². The zero-order valence-corrected chi connectivity index (χ0v) is 13.6. The third-order valence-electron chi connectivity index (χ3n) is 3.14. The van der Waals surface area contributed by atoms with E-state index in [0.717, 1.165) is 16.6 Å². The molecule has 0 saturated heterocycles. The quantitative estimate of drug-likeness (QED) is 0.749. The van der Waals surface area contributed by atoms with Crippen LogP contribution in [0.4, 0.5) is 20.2 Å². The molecular weight excluding hydrogens is 410 g/mol. The first-order valence-electron chi connectivity index (χ1n) is 5.97. The molecule has 1 amide bonds. The summed E-state index contributed by atoms with van der Waals surface area (Å²) in [5.41, 5.74) is 1.41. The molecule has 1 atom stereocenters. The minimum absolute atomic E-state index is 0.0457. The summed E-state index contributed by atoms with van der Waals surface area (Å²) in [6.45, 7) is 0. The molecule has 2 aromatic carbocycles. The van der Waals surface area contributed by atoms with Gasteiger partial charge in [0, 0.05) is 26.3 Å². The first-order chi connectivity index (χ1) is 9.95. The number of hydrogen-bond donors (Lipinski definition) is 2. The zero-order chi connectivity index (χ0) is 15.1. The van der Waals surface area contributed by atoms with Crippen molar-refractivity contribution in [3.63, 3.8) is 0 Å². The highest BCUT2D eigenvalue weighted by Crippen LogP contribution is 2.37. The van der Waals surface area contributed by atoms with E-state index in [9.17, 15) is 13.6 Å². The lowest BCUT2D eigenvalue weighted by Crippen LogP contribution is -2.20. The van der Waals surface area contributed by atoms with Crippen molar-refractivity contribution in [3.05, 3.63) is 56.5 Å². The van der Waals surface area contributed by atoms with Crippen LogP contribution in [0.2, 0.25) is 0 Å². The largest absolute Gasteiger partial charge is 0.367 e. The Balaban J connectivity index is 2.00. The maximum atomic E-state index is 13.9. The maximum Gasteiger partial charge on any atom is 0.251 e. The van der Waals surface area contributed by atoms with E-state index in [1.807, 2.05) is 0 Å². The van der Waals surface area contributed by atoms with E-state index in [2.05, 4.69) is 42.5 Å². The van der Waals surface area contributed by atoms with Crippen molar-refractivity contribution in [3.8, 4) is 0 Å². The topological polar surface area (TPSA) is 41.1 Å². The van der Waals surface area contributed by atoms with Crippen LogP contribution in [0, 0.1) is 11.6 Å². The van der Waals surface area contributed by atoms with Crippen LogP contribution in [0.5, 0.6) is 0 Å². The van der Waals surface area contributed by atoms with Crippen LogP contribution in [0.1, 0.15) is 11.6 Å². The smallest absolute Gasteiger partial charge is 0.251 e. The van der Waals surface area contributed by atoms with E-state index in [1.165, 1.54) is 0 Å². The van der Waals surface area contributed by atoms with E-state index < -0.39 is 17.7 Å². The van der Waals surface area contributed by atoms with Crippen molar-refractivity contribution in [2.75, 3.05) is 10.6 Å². The first kappa shape index (κ1) is 14.5. The van der Waals surface area contributed by atoms with Gasteiger partial charge in [-0.05, 0) is 40.2 Å². The molecule has 0 spiro atoms. The number of carbonyl (C=O) groups is 1. The van der Waals surface area contributed by atoms with E-state index in [0.29, 0.717) is 11.3 Å². The fourth-order valence-corrected chi connectivity index (χ4v) is 3.10. The summed E-state index contributed by atoms with van der Waals surface area (Å²) in [5, 5.41) is 5.53. The van der Waals surface area contributed by atoms with Crippen molar-refractivity contribution in [2.45, 2.75) is 6.04 Å². The molecule has 3 rings (SSSR count). The number of hydrogen-bond acceptors (Lipinski definition) is 2. The number of nitrogens with one attached hydrogen (secondary N) is 2. The van der Waals surface area contributed by atoms with E-state index in [1.54, 1.807) is 18.2 Å². The molecule has 1 aliphatic heterocycles. The molecule has 0 fully saturated rings. The third kappa shape index (κ3) is 2.67. The second kappa shape index (κ2) is 5.38. The Morgan fingerprint density at radius 3 is 2.62 bits per heavy atom. The summed E-state index contributed by atoms with van der Waals surface area (Å²) >= 11 is 6.43. The lowest BCUT2D eigenvalue weighted by Gasteiger charge is -2.15. The predicted octanol–water partition coefficient (Wildman–Crippen LogP) is 4.60. The number of benzene rings is 2. The summed E-state index contributed by atoms with van der Waals surface area (Å²) in [6.07, 6.45) is 0. The molecule has 0 radical (unpaired) electrons. The van der Waals surface area contributed by atoms with Gasteiger partial charge < -0.3 is 10.6 Å². The highest BCUT2D eigenvalue weighted by Gasteiger charge is 2.31. The molecule has 2 N–H and O–H groups in total. The number of anilines is 2. The zero-order valence-electron chi connectivity index (χ0n) is 10.4. The molecule has 0 bridgehead atoms. The summed E-state index contributed by atoms with van der Waals surface area (Å²) in [6, 6.07) is 6.50. The number of halogens is 4. The van der Waals surface area contributed by atoms with Crippen LogP contribution < -0.4 is 10.6 Å². The van der Waals surface area contributed by atoms with Crippen molar-refractivity contribution in [1.29, 1.82) is 0 Å². The molecule has 108 valence electrons. The summed E-state index contributed by atoms with van der Waals surface area (Å²) in [5.74, 6) is -1.75. The van der Waals surface area contributed by atoms with Crippen molar-refractivity contribution in [2.24, 2.45) is 0 Å². The normalized spacial score (nSPS) is 16.6. The fourth-order valence-electron chi connectivity index (χ4n) is 2.20. The Morgan fingerprint density at radius 1 is 1.14 bits per heavy atom. The van der Waals surface area contributed by atoms with Gasteiger partial charge in [0.25, 0.3) is 5.91 Å². The van der Waals surface area contributed by atoms with Crippen molar-refractivity contribution >= 4 is 49.1 Å². The third-order valence-corrected chi connectivity index (χ3v) is 4.26. The van der Waals surface area contributed by atoms with Gasteiger partial charge in [0.05, 0.1) is 5.69 Å². The van der Waals surface area contributed by atoms with Gasteiger partial charge in [0.1, 0.15) is 17.7 Å². The van der Waals surface area contributed by atoms with E-state index in [-0.39, 0.29) is 16.1 Å². The second-order valence-electron chi connectivity index (χ2n) is 4.54. The Labute approximate surface area is 136 Å². The highest BCUT2D eigenvalue weighted by molar-refractivity contribution is 9.10. The molecule has 1 heterocycles. The van der Waals surface area contributed by atoms with Gasteiger partial charge in [-0.15, -0.1) is 0 Å². The number of amides is 1. The van der Waals surface area contributed by atoms with Gasteiger partial charge in [0.2, 0.25) is 0 Å². The molecule has 2 aromatic rings. The summed E-state index contributed by atoms with van der Waals surface area (Å²) in [7, 11) is 0. The summed E-state index contributed by atoms with van der Waals surface area (Å²) < 4.78 is 28.0. The van der Waals surface area contributed by atoms with Crippen LogP contribution in [0.15, 0.2) is 39.3 Å². The van der Waals surface area contributed by atoms with Crippen LogP contribution in [0.3, 0.4) is 0 Å². The van der Waals surface area contributed by atoms with Gasteiger partial charge >= 0.3 is 0 Å². The minimum atomic E-state index is -0.766. The molecule has 1 aliphatic rings. The fraction of sp³-hybridized carbons (Fsp3) is 0.0714. The number of carbonyl (C=O) groups excluding carboxylic acids is 1. The first-order valence-corrected chi connectivity index (χ1v) is 7.55. The van der Waals surface area contributed by atoms with E-state index in [4.69, 9.17) is 0 Å². The lowest BCUT2D eigenvalue weighted by atomic mass is 10.1. The van der Waals surface area contributed by atoms with Gasteiger partial charge in [-0.2, -0.15) is 0 Å².